The van der Waals surface area contributed by atoms with Crippen LogP contribution in [0.1, 0.15) is 24.2 Å². The van der Waals surface area contributed by atoms with Gasteiger partial charge in [0.25, 0.3) is 5.91 Å². The summed E-state index contributed by atoms with van der Waals surface area (Å²) in [6, 6.07) is 4.50. The van der Waals surface area contributed by atoms with Gasteiger partial charge in [-0.3, -0.25) is 9.59 Å². The van der Waals surface area contributed by atoms with Crippen molar-refractivity contribution in [1.82, 2.24) is 10.6 Å². The third-order valence-corrected chi connectivity index (χ3v) is 2.66. The molecule has 2 amide bonds. The van der Waals surface area contributed by atoms with Gasteiger partial charge in [0.05, 0.1) is 11.4 Å². The maximum Gasteiger partial charge on any atom is 0.251 e. The number of amides is 2. The number of rotatable bonds is 5. The first-order chi connectivity index (χ1) is 8.99. The van der Waals surface area contributed by atoms with E-state index in [1.807, 2.05) is 6.92 Å². The summed E-state index contributed by atoms with van der Waals surface area (Å²) >= 11 is 0. The quantitative estimate of drug-likeness (QED) is 0.584. The van der Waals surface area contributed by atoms with Crippen molar-refractivity contribution in [3.05, 3.63) is 23.8 Å². The zero-order chi connectivity index (χ0) is 14.4. The number of hydrogen-bond donors (Lipinski definition) is 4. The molecule has 0 radical (unpaired) electrons. The summed E-state index contributed by atoms with van der Waals surface area (Å²) in [7, 11) is 1.56. The molecule has 6 heteroatoms. The summed E-state index contributed by atoms with van der Waals surface area (Å²) < 4.78 is 0. The van der Waals surface area contributed by atoms with E-state index >= 15 is 0 Å². The van der Waals surface area contributed by atoms with E-state index in [1.54, 1.807) is 32.2 Å². The third kappa shape index (κ3) is 3.87. The van der Waals surface area contributed by atoms with E-state index in [0.717, 1.165) is 0 Å². The highest BCUT2D eigenvalue weighted by Crippen LogP contribution is 2.21. The molecular formula is C13H20N4O2. The molecule has 1 rings (SSSR count). The van der Waals surface area contributed by atoms with Gasteiger partial charge in [-0.1, -0.05) is 0 Å². The van der Waals surface area contributed by atoms with Gasteiger partial charge >= 0.3 is 0 Å². The number of hydrogen-bond acceptors (Lipinski definition) is 4. The van der Waals surface area contributed by atoms with E-state index < -0.39 is 6.04 Å². The summed E-state index contributed by atoms with van der Waals surface area (Å²) in [5.74, 6) is -0.319. The van der Waals surface area contributed by atoms with Gasteiger partial charge in [-0.2, -0.15) is 0 Å². The van der Waals surface area contributed by atoms with Crippen LogP contribution in [-0.4, -0.2) is 31.4 Å². The Bertz CT molecular complexity index is 474. The molecule has 0 aromatic heterocycles. The molecular weight excluding hydrogens is 244 g/mol. The van der Waals surface area contributed by atoms with E-state index in [4.69, 9.17) is 5.73 Å². The highest BCUT2D eigenvalue weighted by molar-refractivity contribution is 5.96. The molecule has 0 spiro atoms. The normalized spacial score (nSPS) is 11.5. The smallest absolute Gasteiger partial charge is 0.251 e. The molecule has 1 unspecified atom stereocenters. The van der Waals surface area contributed by atoms with Crippen molar-refractivity contribution in [2.45, 2.75) is 19.9 Å². The maximum atomic E-state index is 11.7. The number of carbonyl (C=O) groups excluding carboxylic acids is 2. The van der Waals surface area contributed by atoms with Crippen molar-refractivity contribution in [1.29, 1.82) is 0 Å². The Balaban J connectivity index is 2.91. The number of carbonyl (C=O) groups is 2. The Kier molecular flexibility index (Phi) is 5.17. The van der Waals surface area contributed by atoms with E-state index in [1.165, 1.54) is 0 Å². The zero-order valence-electron chi connectivity index (χ0n) is 11.4. The summed E-state index contributed by atoms with van der Waals surface area (Å²) in [6.45, 7) is 4.12. The summed E-state index contributed by atoms with van der Waals surface area (Å²) in [5.41, 5.74) is 7.39. The van der Waals surface area contributed by atoms with Crippen LogP contribution in [0.25, 0.3) is 0 Å². The Hall–Kier alpha value is -2.24. The number of benzene rings is 1. The van der Waals surface area contributed by atoms with Crippen LogP contribution in [0.2, 0.25) is 0 Å². The molecule has 0 aliphatic carbocycles. The predicted octanol–water partition coefficient (Wildman–Crippen LogP) is 0.565. The SMILES string of the molecule is CCNC(=O)c1ccc(N)c(NC(C)C(=O)NC)c1. The second kappa shape index (κ2) is 6.63. The second-order valence-electron chi connectivity index (χ2n) is 4.14. The van der Waals surface area contributed by atoms with Gasteiger partial charge in [-0.25, -0.2) is 0 Å². The lowest BCUT2D eigenvalue weighted by molar-refractivity contribution is -0.121. The molecule has 5 N–H and O–H groups in total. The largest absolute Gasteiger partial charge is 0.397 e. The maximum absolute atomic E-state index is 11.7. The predicted molar refractivity (Wildman–Crippen MR) is 76.0 cm³/mol. The molecule has 1 atom stereocenters. The van der Waals surface area contributed by atoms with Gasteiger partial charge in [0.1, 0.15) is 6.04 Å². The van der Waals surface area contributed by atoms with Crippen molar-refractivity contribution in [3.63, 3.8) is 0 Å². The van der Waals surface area contributed by atoms with Crippen LogP contribution in [-0.2, 0) is 4.79 Å². The van der Waals surface area contributed by atoms with E-state index in [0.29, 0.717) is 23.5 Å². The van der Waals surface area contributed by atoms with Crippen molar-refractivity contribution in [3.8, 4) is 0 Å². The first-order valence-corrected chi connectivity index (χ1v) is 6.15. The minimum Gasteiger partial charge on any atom is -0.397 e. The van der Waals surface area contributed by atoms with Crippen LogP contribution in [0.4, 0.5) is 11.4 Å². The lowest BCUT2D eigenvalue weighted by Gasteiger charge is -2.16. The molecule has 104 valence electrons. The summed E-state index contributed by atoms with van der Waals surface area (Å²) in [5, 5.41) is 8.23. The van der Waals surface area contributed by atoms with Crippen molar-refractivity contribution >= 4 is 23.2 Å². The number of nitrogens with two attached hydrogens (primary N) is 1. The molecule has 1 aromatic rings. The Morgan fingerprint density at radius 1 is 1.37 bits per heavy atom. The fourth-order valence-electron chi connectivity index (χ4n) is 1.60. The van der Waals surface area contributed by atoms with Gasteiger partial charge in [0.2, 0.25) is 5.91 Å². The van der Waals surface area contributed by atoms with E-state index in [2.05, 4.69) is 16.0 Å². The van der Waals surface area contributed by atoms with Crippen LogP contribution in [0.3, 0.4) is 0 Å². The van der Waals surface area contributed by atoms with Crippen LogP contribution < -0.4 is 21.7 Å². The lowest BCUT2D eigenvalue weighted by Crippen LogP contribution is -2.35. The number of anilines is 2. The molecule has 0 saturated carbocycles. The summed E-state index contributed by atoms with van der Waals surface area (Å²) in [4.78, 5) is 23.2. The van der Waals surface area contributed by atoms with Crippen molar-refractivity contribution in [2.24, 2.45) is 0 Å². The highest BCUT2D eigenvalue weighted by Gasteiger charge is 2.13. The van der Waals surface area contributed by atoms with Gasteiger partial charge < -0.3 is 21.7 Å². The minimum absolute atomic E-state index is 0.150. The van der Waals surface area contributed by atoms with Crippen molar-refractivity contribution < 1.29 is 9.59 Å². The van der Waals surface area contributed by atoms with E-state index in [-0.39, 0.29) is 11.8 Å². The van der Waals surface area contributed by atoms with Crippen LogP contribution >= 0.6 is 0 Å². The molecule has 0 aliphatic heterocycles. The Morgan fingerprint density at radius 2 is 2.05 bits per heavy atom. The molecule has 0 aliphatic rings. The molecule has 1 aromatic carbocycles. The van der Waals surface area contributed by atoms with Gasteiger partial charge in [0.15, 0.2) is 0 Å². The molecule has 0 heterocycles. The standard InChI is InChI=1S/C13H20N4O2/c1-4-16-13(19)9-5-6-10(14)11(7-9)17-8(2)12(18)15-3/h5-8,17H,4,14H2,1-3H3,(H,15,18)(H,16,19). The number of likely N-dealkylation sites (N-methyl/N-ethyl adjacent to an activating group) is 1. The fraction of sp³-hybridized carbons (Fsp3) is 0.385. The monoisotopic (exact) mass is 264 g/mol. The zero-order valence-corrected chi connectivity index (χ0v) is 11.4. The average molecular weight is 264 g/mol. The van der Waals surface area contributed by atoms with Crippen molar-refractivity contribution in [2.75, 3.05) is 24.6 Å². The number of nitrogen functional groups attached to an aromatic ring is 1. The minimum atomic E-state index is -0.434. The van der Waals surface area contributed by atoms with Crippen LogP contribution in [0, 0.1) is 0 Å². The fourth-order valence-corrected chi connectivity index (χ4v) is 1.60. The van der Waals surface area contributed by atoms with Gasteiger partial charge in [-0.15, -0.1) is 0 Å². The van der Waals surface area contributed by atoms with Crippen LogP contribution in [0.5, 0.6) is 0 Å². The second-order valence-corrected chi connectivity index (χ2v) is 4.14. The van der Waals surface area contributed by atoms with E-state index in [9.17, 15) is 9.59 Å². The third-order valence-electron chi connectivity index (χ3n) is 2.66. The summed E-state index contributed by atoms with van der Waals surface area (Å²) in [6.07, 6.45) is 0. The average Bonchev–Trinajstić information content (AvgIpc) is 2.40. The lowest BCUT2D eigenvalue weighted by atomic mass is 10.1. The van der Waals surface area contributed by atoms with Crippen LogP contribution in [0.15, 0.2) is 18.2 Å². The topological polar surface area (TPSA) is 96.2 Å². The first kappa shape index (κ1) is 14.8. The molecule has 19 heavy (non-hydrogen) atoms. The Labute approximate surface area is 112 Å². The molecule has 6 nitrogen and oxygen atoms in total. The Morgan fingerprint density at radius 3 is 2.63 bits per heavy atom. The molecule has 0 bridgehead atoms. The van der Waals surface area contributed by atoms with Gasteiger partial charge in [0, 0.05) is 19.2 Å². The first-order valence-electron chi connectivity index (χ1n) is 6.15. The van der Waals surface area contributed by atoms with Gasteiger partial charge in [-0.05, 0) is 32.0 Å². The highest BCUT2D eigenvalue weighted by atomic mass is 16.2. The molecule has 0 fully saturated rings. The molecule has 0 saturated heterocycles. The number of nitrogens with one attached hydrogen (secondary N) is 3.